The molecule has 8 heterocycles. The summed E-state index contributed by atoms with van der Waals surface area (Å²) in [6.07, 6.45) is 3.16. The Morgan fingerprint density at radius 3 is 1.44 bits per heavy atom. The monoisotopic (exact) mass is 1170 g/mol. The molecule has 20 nitrogen and oxygen atoms in total. The van der Waals surface area contributed by atoms with Gasteiger partial charge >= 0.3 is 0 Å². The van der Waals surface area contributed by atoms with Gasteiger partial charge in [0.2, 0.25) is 11.8 Å². The van der Waals surface area contributed by atoms with E-state index in [1.807, 2.05) is 40.1 Å². The molecule has 0 saturated carbocycles. The van der Waals surface area contributed by atoms with Crippen molar-refractivity contribution in [2.24, 2.45) is 24.9 Å². The molecule has 0 bridgehead atoms. The molecule has 4 amide bonds. The van der Waals surface area contributed by atoms with E-state index in [2.05, 4.69) is 79.7 Å². The highest BCUT2D eigenvalue weighted by molar-refractivity contribution is 9.10. The van der Waals surface area contributed by atoms with E-state index in [4.69, 9.17) is 28.9 Å². The van der Waals surface area contributed by atoms with Gasteiger partial charge in [-0.25, -0.2) is 9.97 Å². The summed E-state index contributed by atoms with van der Waals surface area (Å²) in [5.41, 5.74) is 9.20. The maximum absolute atomic E-state index is 13.5. The summed E-state index contributed by atoms with van der Waals surface area (Å²) in [4.78, 5) is 91.0. The lowest BCUT2D eigenvalue weighted by molar-refractivity contribution is -0.142. The number of hydrogen-bond donors (Lipinski definition) is 4. The highest BCUT2D eigenvalue weighted by atomic mass is 79.9. The molecule has 2 aliphatic heterocycles. The summed E-state index contributed by atoms with van der Waals surface area (Å²) in [7, 11) is 3.65. The second kappa shape index (κ2) is 23.6. The fourth-order valence-corrected chi connectivity index (χ4v) is 9.85. The van der Waals surface area contributed by atoms with Crippen LogP contribution >= 0.6 is 39.1 Å². The average Bonchev–Trinajstić information content (AvgIpc) is 3.97. The number of aromatic nitrogens is 8. The number of nitrogens with zero attached hydrogens (tertiary/aromatic N) is 10. The molecule has 0 atom stereocenters. The Bertz CT molecular complexity index is 3720. The van der Waals surface area contributed by atoms with Crippen LogP contribution in [-0.4, -0.2) is 98.3 Å². The minimum Gasteiger partial charge on any atom is -0.384 e. The van der Waals surface area contributed by atoms with Gasteiger partial charge < -0.3 is 31.5 Å². The number of amides is 4. The van der Waals surface area contributed by atoms with Gasteiger partial charge in [0.25, 0.3) is 22.9 Å². The number of halogens is 3. The third-order valence-electron chi connectivity index (χ3n) is 13.1. The third-order valence-corrected chi connectivity index (χ3v) is 14.1. The summed E-state index contributed by atoms with van der Waals surface area (Å²) >= 11 is 15.2. The molecule has 2 fully saturated rings. The number of benzene rings is 2. The van der Waals surface area contributed by atoms with Crippen LogP contribution in [0.15, 0.2) is 111 Å². The van der Waals surface area contributed by atoms with Crippen LogP contribution in [0.25, 0.3) is 22.1 Å². The van der Waals surface area contributed by atoms with Gasteiger partial charge in [-0.1, -0.05) is 75.2 Å². The number of nitrogens with one attached hydrogen (secondary N) is 3. The number of nitrogen functional groups attached to an aromatic ring is 1. The normalized spacial score (nSPS) is 14.0. The summed E-state index contributed by atoms with van der Waals surface area (Å²) < 4.78 is 6.64. The zero-order valence-electron chi connectivity index (χ0n) is 45.0. The first-order valence-corrected chi connectivity index (χ1v) is 26.7. The smallest absolute Gasteiger partial charge is 0.265 e. The van der Waals surface area contributed by atoms with Gasteiger partial charge in [-0.2, -0.15) is 10.2 Å². The van der Waals surface area contributed by atoms with E-state index in [0.29, 0.717) is 74.3 Å². The van der Waals surface area contributed by atoms with Crippen molar-refractivity contribution in [1.82, 2.24) is 59.1 Å². The Hall–Kier alpha value is -7.88. The van der Waals surface area contributed by atoms with Gasteiger partial charge in [0, 0.05) is 97.0 Å². The van der Waals surface area contributed by atoms with Crippen molar-refractivity contribution in [3.8, 4) is 0 Å². The molecule has 6 aromatic heterocycles. The summed E-state index contributed by atoms with van der Waals surface area (Å²) in [5.74, 6) is 0.0600. The second-order valence-corrected chi connectivity index (χ2v) is 23.1. The van der Waals surface area contributed by atoms with Crippen LogP contribution in [0.3, 0.4) is 0 Å². The molecule has 5 N–H and O–H groups in total. The molecule has 10 rings (SSSR count). The minimum atomic E-state index is -0.570. The number of anilines is 3. The first kappa shape index (κ1) is 57.3. The lowest BCUT2D eigenvalue weighted by Crippen LogP contribution is -2.56. The van der Waals surface area contributed by atoms with E-state index in [0.717, 1.165) is 28.3 Å². The van der Waals surface area contributed by atoms with Crippen molar-refractivity contribution in [3.05, 3.63) is 166 Å². The fourth-order valence-electron chi connectivity index (χ4n) is 9.25. The zero-order chi connectivity index (χ0) is 57.1. The van der Waals surface area contributed by atoms with E-state index in [9.17, 15) is 28.8 Å². The Morgan fingerprint density at radius 1 is 0.620 bits per heavy atom. The van der Waals surface area contributed by atoms with Crippen LogP contribution in [0.4, 0.5) is 17.3 Å². The predicted octanol–water partition coefficient (Wildman–Crippen LogP) is 7.56. The fraction of sp³-hybridized carbons (Fsp3) is 0.321. The highest BCUT2D eigenvalue weighted by Crippen LogP contribution is 2.30. The topological polar surface area (TPSA) is 242 Å². The van der Waals surface area contributed by atoms with E-state index in [-0.39, 0.29) is 60.0 Å². The Balaban J connectivity index is 0.000000185. The van der Waals surface area contributed by atoms with Gasteiger partial charge in [-0.15, -0.1) is 0 Å². The first-order valence-electron chi connectivity index (χ1n) is 25.2. The third kappa shape index (κ3) is 14.1. The first-order chi connectivity index (χ1) is 37.3. The van der Waals surface area contributed by atoms with Crippen LogP contribution in [0.1, 0.15) is 70.9 Å². The van der Waals surface area contributed by atoms with Crippen molar-refractivity contribution in [1.29, 1.82) is 0 Å². The summed E-state index contributed by atoms with van der Waals surface area (Å²) in [5, 5.41) is 19.5. The van der Waals surface area contributed by atoms with Crippen LogP contribution in [0.2, 0.25) is 10.0 Å². The van der Waals surface area contributed by atoms with E-state index in [1.54, 1.807) is 92.2 Å². The maximum Gasteiger partial charge on any atom is 0.265 e. The van der Waals surface area contributed by atoms with Crippen LogP contribution in [-0.2, 0) is 49.9 Å². The lowest BCUT2D eigenvalue weighted by atomic mass is 9.84. The highest BCUT2D eigenvalue weighted by Gasteiger charge is 2.38. The maximum atomic E-state index is 13.5. The SMILES string of the molecule is CC1(C)CN(C(=O)Cn2c(=O)c(C(=O)NCc3ccc(Cl)cc3)cc3cc(Br)cnc32)C1.Cc1cc(N)n(C)n1.Cc1cc(Nc2cnc3c(c2)cc(C(=O)NCc2ccc(Cl)cc2)c(=O)n3CC(=O)N2CC(C)(C)C2)n(C)n1. The summed E-state index contributed by atoms with van der Waals surface area (Å²) in [6.45, 7) is 14.8. The van der Waals surface area contributed by atoms with Gasteiger partial charge in [0.05, 0.1) is 23.3 Å². The number of rotatable bonds is 12. The lowest BCUT2D eigenvalue weighted by Gasteiger charge is -2.45. The molecule has 2 aromatic carbocycles. The number of pyridine rings is 4. The van der Waals surface area contributed by atoms with Crippen LogP contribution in [0.5, 0.6) is 0 Å². The standard InChI is InChI=1S/C28H30ClN7O3.C23H22BrClN4O3.C5H9N3/c1-17-9-23(34(4)33-17)32-21-10-19-11-22(26(38)31-12-18-5-7-20(29)8-6-18)27(39)36(25(19)30-13-21)14-24(37)35-15-28(2,3)16-35;1-23(2)12-28(13-23)19(30)11-29-20-15(7-16(24)10-26-20)8-18(22(29)32)21(31)27-9-14-3-5-17(25)6-4-14;1-4-3-5(6)8(2)7-4/h5-11,13,32H,12,14-16H2,1-4H3,(H,31,38);3-8,10H,9,11-13H2,1-2H3,(H,27,31);3H,6H2,1-2H3. The van der Waals surface area contributed by atoms with Gasteiger partial charge in [-0.3, -0.25) is 47.3 Å². The molecule has 0 radical (unpaired) electrons. The zero-order valence-corrected chi connectivity index (χ0v) is 48.1. The number of aryl methyl sites for hydroxylation is 4. The predicted molar refractivity (Wildman–Crippen MR) is 309 cm³/mol. The van der Waals surface area contributed by atoms with Crippen molar-refractivity contribution >= 4 is 102 Å². The molecule has 0 spiro atoms. The minimum absolute atomic E-state index is 0.0388. The number of likely N-dealkylation sites (tertiary alicyclic amines) is 2. The quantitative estimate of drug-likeness (QED) is 0.0927. The number of carbonyl (C=O) groups excluding carboxylic acids is 4. The molecule has 2 saturated heterocycles. The van der Waals surface area contributed by atoms with E-state index < -0.39 is 22.9 Å². The molecule has 8 aromatic rings. The number of nitrogens with two attached hydrogens (primary N) is 1. The van der Waals surface area contributed by atoms with Crippen molar-refractivity contribution < 1.29 is 19.2 Å². The van der Waals surface area contributed by atoms with Crippen molar-refractivity contribution in [2.45, 2.75) is 67.7 Å². The molecule has 79 heavy (non-hydrogen) atoms. The van der Waals surface area contributed by atoms with Gasteiger partial charge in [0.15, 0.2) is 0 Å². The van der Waals surface area contributed by atoms with Crippen molar-refractivity contribution in [3.63, 3.8) is 0 Å². The Morgan fingerprint density at radius 2 is 1.05 bits per heavy atom. The van der Waals surface area contributed by atoms with Crippen LogP contribution < -0.4 is 32.8 Å². The largest absolute Gasteiger partial charge is 0.384 e. The molecule has 412 valence electrons. The van der Waals surface area contributed by atoms with E-state index in [1.165, 1.54) is 21.3 Å². The molecule has 2 aliphatic rings. The summed E-state index contributed by atoms with van der Waals surface area (Å²) in [6, 6.07) is 24.5. The van der Waals surface area contributed by atoms with Gasteiger partial charge in [-0.05, 0) is 100 Å². The number of hydrogen-bond acceptors (Lipinski definition) is 12. The molecule has 23 heteroatoms. The Kier molecular flexibility index (Phi) is 17.1. The second-order valence-electron chi connectivity index (χ2n) is 21.3. The van der Waals surface area contributed by atoms with Gasteiger partial charge in [0.1, 0.15) is 47.1 Å². The number of fused-ring (bicyclic) bond motifs is 2. The molecular weight excluding hydrogens is 1120 g/mol. The average molecular weight is 1180 g/mol. The van der Waals surface area contributed by atoms with Crippen LogP contribution in [0, 0.1) is 24.7 Å². The molecular formula is C56H61BrCl2N14O6. The molecule has 0 unspecified atom stereocenters. The Labute approximate surface area is 474 Å². The number of carbonyl (C=O) groups is 4. The molecule has 0 aliphatic carbocycles. The van der Waals surface area contributed by atoms with E-state index >= 15 is 0 Å². The van der Waals surface area contributed by atoms with Crippen molar-refractivity contribution in [2.75, 3.05) is 37.2 Å².